The summed E-state index contributed by atoms with van der Waals surface area (Å²) in [5, 5.41) is 7.60. The molecule has 1 heterocycles. The highest BCUT2D eigenvalue weighted by molar-refractivity contribution is 7.98. The van der Waals surface area contributed by atoms with Gasteiger partial charge in [-0.05, 0) is 56.7 Å². The lowest BCUT2D eigenvalue weighted by atomic mass is 10.1. The largest absolute Gasteiger partial charge is 0.361 e. The molecule has 0 aliphatic heterocycles. The molecule has 0 atom stereocenters. The lowest BCUT2D eigenvalue weighted by Crippen LogP contribution is -2.13. The molecule has 0 radical (unpaired) electrons. The molecule has 0 unspecified atom stereocenters. The van der Waals surface area contributed by atoms with Crippen LogP contribution in [0.3, 0.4) is 0 Å². The number of aromatic nitrogens is 1. The van der Waals surface area contributed by atoms with Gasteiger partial charge in [0.05, 0.1) is 11.3 Å². The number of aryl methyl sites for hydroxylation is 3. The third kappa shape index (κ3) is 4.11. The molecule has 0 bridgehead atoms. The van der Waals surface area contributed by atoms with Crippen LogP contribution in [0.25, 0.3) is 0 Å². The second-order valence-electron chi connectivity index (χ2n) is 6.00. The fraction of sp³-hybridized carbons (Fsp3) is 0.200. The Morgan fingerprint density at radius 1 is 1.19 bits per heavy atom. The summed E-state index contributed by atoms with van der Waals surface area (Å²) in [4.78, 5) is 13.7. The van der Waals surface area contributed by atoms with Crippen molar-refractivity contribution in [1.29, 1.82) is 0 Å². The minimum atomic E-state index is -0.141. The van der Waals surface area contributed by atoms with Crippen molar-refractivity contribution in [2.45, 2.75) is 31.4 Å². The number of hydrogen-bond acceptors (Lipinski definition) is 4. The number of halogens is 1. The van der Waals surface area contributed by atoms with Crippen molar-refractivity contribution < 1.29 is 9.32 Å². The summed E-state index contributed by atoms with van der Waals surface area (Å²) in [6.45, 7) is 5.74. The molecule has 6 heteroatoms. The zero-order valence-electron chi connectivity index (χ0n) is 14.8. The van der Waals surface area contributed by atoms with E-state index in [1.807, 2.05) is 57.2 Å². The van der Waals surface area contributed by atoms with Crippen LogP contribution in [0.15, 0.2) is 51.9 Å². The number of nitrogens with one attached hydrogen (secondary N) is 1. The average molecular weight is 387 g/mol. The van der Waals surface area contributed by atoms with E-state index in [9.17, 15) is 4.79 Å². The monoisotopic (exact) mass is 386 g/mol. The molecule has 3 rings (SSSR count). The van der Waals surface area contributed by atoms with Crippen molar-refractivity contribution in [3.8, 4) is 0 Å². The van der Waals surface area contributed by atoms with Gasteiger partial charge < -0.3 is 9.84 Å². The summed E-state index contributed by atoms with van der Waals surface area (Å²) in [5.41, 5.74) is 4.27. The van der Waals surface area contributed by atoms with Gasteiger partial charge in [0, 0.05) is 26.9 Å². The SMILES string of the molecule is Cc1cc(Cl)ccc1NC(=O)c1ccccc1SCc1c(C)noc1C. The van der Waals surface area contributed by atoms with Crippen LogP contribution < -0.4 is 5.32 Å². The first-order chi connectivity index (χ1) is 12.5. The van der Waals surface area contributed by atoms with Gasteiger partial charge in [0.25, 0.3) is 5.91 Å². The Morgan fingerprint density at radius 3 is 2.65 bits per heavy atom. The van der Waals surface area contributed by atoms with Gasteiger partial charge in [0.1, 0.15) is 5.76 Å². The van der Waals surface area contributed by atoms with E-state index in [-0.39, 0.29) is 5.91 Å². The van der Waals surface area contributed by atoms with Crippen LogP contribution in [0.4, 0.5) is 5.69 Å². The Labute approximate surface area is 161 Å². The van der Waals surface area contributed by atoms with Gasteiger partial charge in [-0.25, -0.2) is 0 Å². The number of benzene rings is 2. The lowest BCUT2D eigenvalue weighted by Gasteiger charge is -2.12. The zero-order chi connectivity index (χ0) is 18.7. The number of amides is 1. The van der Waals surface area contributed by atoms with Crippen molar-refractivity contribution >= 4 is 35.0 Å². The third-order valence-corrected chi connectivity index (χ3v) is 5.46. The first kappa shape index (κ1) is 18.5. The lowest BCUT2D eigenvalue weighted by molar-refractivity contribution is 0.102. The van der Waals surface area contributed by atoms with E-state index in [1.54, 1.807) is 17.8 Å². The Morgan fingerprint density at radius 2 is 1.96 bits per heavy atom. The molecule has 1 N–H and O–H groups in total. The van der Waals surface area contributed by atoms with Gasteiger partial charge in [-0.3, -0.25) is 4.79 Å². The Kier molecular flexibility index (Phi) is 5.69. The summed E-state index contributed by atoms with van der Waals surface area (Å²) in [7, 11) is 0. The molecular formula is C20H19ClN2O2S. The van der Waals surface area contributed by atoms with Gasteiger partial charge in [-0.2, -0.15) is 0 Å². The van der Waals surface area contributed by atoms with Crippen LogP contribution in [0.1, 0.15) is 32.9 Å². The highest BCUT2D eigenvalue weighted by atomic mass is 35.5. The summed E-state index contributed by atoms with van der Waals surface area (Å²) in [5.74, 6) is 1.37. The van der Waals surface area contributed by atoms with Gasteiger partial charge in [-0.15, -0.1) is 11.8 Å². The number of anilines is 1. The molecule has 134 valence electrons. The van der Waals surface area contributed by atoms with Crippen LogP contribution in [-0.4, -0.2) is 11.1 Å². The molecule has 0 aliphatic carbocycles. The van der Waals surface area contributed by atoms with Crippen molar-refractivity contribution in [3.63, 3.8) is 0 Å². The molecule has 1 aromatic heterocycles. The van der Waals surface area contributed by atoms with Crippen molar-refractivity contribution in [1.82, 2.24) is 5.16 Å². The molecule has 0 saturated heterocycles. The molecule has 26 heavy (non-hydrogen) atoms. The molecule has 4 nitrogen and oxygen atoms in total. The average Bonchev–Trinajstić information content (AvgIpc) is 2.94. The Bertz CT molecular complexity index is 933. The van der Waals surface area contributed by atoms with Crippen molar-refractivity contribution in [2.75, 3.05) is 5.32 Å². The minimum absolute atomic E-state index is 0.141. The highest BCUT2D eigenvalue weighted by Gasteiger charge is 2.15. The van der Waals surface area contributed by atoms with E-state index in [2.05, 4.69) is 10.5 Å². The number of carbonyl (C=O) groups excluding carboxylic acids is 1. The zero-order valence-corrected chi connectivity index (χ0v) is 16.4. The topological polar surface area (TPSA) is 55.1 Å². The van der Waals surface area contributed by atoms with Crippen molar-refractivity contribution in [2.24, 2.45) is 0 Å². The number of hydrogen-bond donors (Lipinski definition) is 1. The van der Waals surface area contributed by atoms with E-state index >= 15 is 0 Å². The van der Waals surface area contributed by atoms with E-state index in [0.717, 1.165) is 33.2 Å². The fourth-order valence-corrected chi connectivity index (χ4v) is 4.02. The van der Waals surface area contributed by atoms with E-state index in [0.29, 0.717) is 16.3 Å². The molecule has 2 aromatic carbocycles. The van der Waals surface area contributed by atoms with Gasteiger partial charge >= 0.3 is 0 Å². The summed E-state index contributed by atoms with van der Waals surface area (Å²) >= 11 is 7.58. The van der Waals surface area contributed by atoms with Crippen LogP contribution in [0.2, 0.25) is 5.02 Å². The predicted octanol–water partition coefficient (Wildman–Crippen LogP) is 5.80. The second kappa shape index (κ2) is 7.98. The predicted molar refractivity (Wildman–Crippen MR) is 106 cm³/mol. The maximum atomic E-state index is 12.8. The van der Waals surface area contributed by atoms with Gasteiger partial charge in [0.2, 0.25) is 0 Å². The maximum Gasteiger partial charge on any atom is 0.256 e. The Balaban J connectivity index is 1.79. The first-order valence-corrected chi connectivity index (χ1v) is 9.53. The van der Waals surface area contributed by atoms with E-state index in [4.69, 9.17) is 16.1 Å². The number of thioether (sulfide) groups is 1. The fourth-order valence-electron chi connectivity index (χ4n) is 2.59. The van der Waals surface area contributed by atoms with Crippen LogP contribution in [0, 0.1) is 20.8 Å². The quantitative estimate of drug-likeness (QED) is 0.563. The molecule has 1 amide bonds. The molecular weight excluding hydrogens is 368 g/mol. The minimum Gasteiger partial charge on any atom is -0.361 e. The molecule has 0 saturated carbocycles. The number of carbonyl (C=O) groups is 1. The Hall–Kier alpha value is -2.24. The molecule has 0 aliphatic rings. The molecule has 0 fully saturated rings. The summed E-state index contributed by atoms with van der Waals surface area (Å²) in [6, 6.07) is 13.0. The standard InChI is InChI=1S/C20H19ClN2O2S/c1-12-10-15(21)8-9-18(12)22-20(24)16-6-4-5-7-19(16)26-11-17-13(2)23-25-14(17)3/h4-10H,11H2,1-3H3,(H,22,24). The van der Waals surface area contributed by atoms with Crippen molar-refractivity contribution in [3.05, 3.63) is 75.6 Å². The normalized spacial score (nSPS) is 10.8. The van der Waals surface area contributed by atoms with Gasteiger partial charge in [-0.1, -0.05) is 28.9 Å². The highest BCUT2D eigenvalue weighted by Crippen LogP contribution is 2.29. The van der Waals surface area contributed by atoms with E-state index < -0.39 is 0 Å². The number of rotatable bonds is 5. The number of nitrogens with zero attached hydrogens (tertiary/aromatic N) is 1. The van der Waals surface area contributed by atoms with Crippen LogP contribution in [-0.2, 0) is 5.75 Å². The maximum absolute atomic E-state index is 12.8. The van der Waals surface area contributed by atoms with Crippen LogP contribution >= 0.6 is 23.4 Å². The molecule has 3 aromatic rings. The summed E-state index contributed by atoms with van der Waals surface area (Å²) in [6.07, 6.45) is 0. The van der Waals surface area contributed by atoms with Gasteiger partial charge in [0.15, 0.2) is 0 Å². The molecule has 0 spiro atoms. The smallest absolute Gasteiger partial charge is 0.256 e. The van der Waals surface area contributed by atoms with Crippen LogP contribution in [0.5, 0.6) is 0 Å². The third-order valence-electron chi connectivity index (χ3n) is 4.12. The van der Waals surface area contributed by atoms with E-state index in [1.165, 1.54) is 0 Å². The first-order valence-electron chi connectivity index (χ1n) is 8.17. The summed E-state index contributed by atoms with van der Waals surface area (Å²) < 4.78 is 5.21. The second-order valence-corrected chi connectivity index (χ2v) is 7.45.